The fourth-order valence-electron chi connectivity index (χ4n) is 5.49. The average molecular weight is 674 g/mol. The Kier molecular flexibility index (Phi) is 10.9. The Morgan fingerprint density at radius 2 is 1.20 bits per heavy atom. The number of aromatic hydroxyl groups is 4. The molecule has 49 heavy (non-hydrogen) atoms. The number of rotatable bonds is 13. The molecule has 0 saturated heterocycles. The quantitative estimate of drug-likeness (QED) is 0.116. The van der Waals surface area contributed by atoms with Crippen LogP contribution >= 0.6 is 0 Å². The fraction of sp³-hybridized carbons (Fsp3) is 0.343. The Bertz CT molecular complexity index is 1760. The van der Waals surface area contributed by atoms with Crippen molar-refractivity contribution in [2.45, 2.75) is 51.0 Å². The van der Waals surface area contributed by atoms with Crippen LogP contribution in [0.25, 0.3) is 0 Å². The molecule has 0 bridgehead atoms. The minimum atomic E-state index is -0.887. The molecule has 14 heteroatoms. The molecule has 5 rings (SSSR count). The molecule has 3 aromatic carbocycles. The van der Waals surface area contributed by atoms with Crippen molar-refractivity contribution >= 4 is 29.5 Å². The summed E-state index contributed by atoms with van der Waals surface area (Å²) in [7, 11) is 0. The Morgan fingerprint density at radius 3 is 1.80 bits per heavy atom. The van der Waals surface area contributed by atoms with Gasteiger partial charge in [0.25, 0.3) is 11.8 Å². The molecule has 3 amide bonds. The minimum Gasteiger partial charge on any atom is -0.507 e. The molecule has 3 aromatic rings. The van der Waals surface area contributed by atoms with Gasteiger partial charge in [0.1, 0.15) is 23.7 Å². The molecule has 2 aliphatic heterocycles. The van der Waals surface area contributed by atoms with E-state index in [0.717, 1.165) is 0 Å². The van der Waals surface area contributed by atoms with E-state index in [1.807, 2.05) is 0 Å². The molecule has 0 aliphatic carbocycles. The van der Waals surface area contributed by atoms with Crippen molar-refractivity contribution in [1.29, 1.82) is 0 Å². The van der Waals surface area contributed by atoms with Gasteiger partial charge in [-0.25, -0.2) is 9.98 Å². The number of phenolic OH excluding ortho intramolecular Hbond substituents is 4. The number of nitrogens with one attached hydrogen (secondary N) is 2. The number of benzene rings is 3. The monoisotopic (exact) mass is 673 g/mol. The van der Waals surface area contributed by atoms with Crippen LogP contribution in [-0.2, 0) is 19.1 Å². The van der Waals surface area contributed by atoms with Crippen molar-refractivity contribution in [3.8, 4) is 23.0 Å². The van der Waals surface area contributed by atoms with E-state index in [9.17, 15) is 34.8 Å². The smallest absolute Gasteiger partial charge is 0.255 e. The van der Waals surface area contributed by atoms with Crippen molar-refractivity contribution in [2.75, 3.05) is 26.2 Å². The second-order valence-electron chi connectivity index (χ2n) is 11.7. The first-order valence-electron chi connectivity index (χ1n) is 16.0. The lowest BCUT2D eigenvalue weighted by Gasteiger charge is -2.26. The maximum atomic E-state index is 13.8. The van der Waals surface area contributed by atoms with Crippen LogP contribution in [0.4, 0.5) is 0 Å². The number of aliphatic imine (C=N–C) groups is 2. The number of carbonyl (C=O) groups excluding carboxylic acids is 3. The molecule has 0 spiro atoms. The summed E-state index contributed by atoms with van der Waals surface area (Å²) in [5, 5.41) is 45.7. The zero-order chi connectivity index (χ0) is 35.1. The van der Waals surface area contributed by atoms with E-state index in [0.29, 0.717) is 24.0 Å². The predicted octanol–water partition coefficient (Wildman–Crippen LogP) is 2.43. The van der Waals surface area contributed by atoms with Crippen LogP contribution in [0.2, 0.25) is 0 Å². The minimum absolute atomic E-state index is 0.00431. The largest absolute Gasteiger partial charge is 0.507 e. The van der Waals surface area contributed by atoms with Crippen molar-refractivity contribution in [2.24, 2.45) is 9.98 Å². The molecule has 0 unspecified atom stereocenters. The highest BCUT2D eigenvalue weighted by atomic mass is 16.5. The molecule has 2 aliphatic rings. The number of hydrogen-bond donors (Lipinski definition) is 6. The molecular formula is C35H39N5O9. The summed E-state index contributed by atoms with van der Waals surface area (Å²) >= 11 is 0. The third kappa shape index (κ3) is 8.03. The Balaban J connectivity index is 1.21. The van der Waals surface area contributed by atoms with E-state index in [-0.39, 0.29) is 66.9 Å². The van der Waals surface area contributed by atoms with Gasteiger partial charge in [-0.15, -0.1) is 0 Å². The zero-order valence-corrected chi connectivity index (χ0v) is 27.1. The Labute approximate surface area is 282 Å². The summed E-state index contributed by atoms with van der Waals surface area (Å²) in [5.41, 5.74) is 0.688. The lowest BCUT2D eigenvalue weighted by Crippen LogP contribution is -2.44. The number of nitrogens with zero attached hydrogens (tertiary/aromatic N) is 3. The second kappa shape index (κ2) is 15.4. The molecule has 0 aromatic heterocycles. The molecule has 0 fully saturated rings. The molecular weight excluding hydrogens is 634 g/mol. The number of phenols is 4. The van der Waals surface area contributed by atoms with Crippen molar-refractivity contribution in [3.05, 3.63) is 83.4 Å². The summed E-state index contributed by atoms with van der Waals surface area (Å²) in [6.45, 7) is 4.29. The first-order chi connectivity index (χ1) is 23.5. The van der Waals surface area contributed by atoms with Crippen molar-refractivity contribution < 1.29 is 44.3 Å². The van der Waals surface area contributed by atoms with Crippen LogP contribution in [-0.4, -0.2) is 105 Å². The third-order valence-electron chi connectivity index (χ3n) is 8.15. The van der Waals surface area contributed by atoms with Gasteiger partial charge >= 0.3 is 0 Å². The van der Waals surface area contributed by atoms with E-state index in [2.05, 4.69) is 20.6 Å². The van der Waals surface area contributed by atoms with Crippen LogP contribution in [0.1, 0.15) is 48.2 Å². The van der Waals surface area contributed by atoms with Gasteiger partial charge in [0.05, 0.1) is 16.7 Å². The van der Waals surface area contributed by atoms with Gasteiger partial charge in [0, 0.05) is 26.2 Å². The normalized spacial score (nSPS) is 19.6. The summed E-state index contributed by atoms with van der Waals surface area (Å²) in [6, 6.07) is 15.5. The van der Waals surface area contributed by atoms with E-state index in [1.54, 1.807) is 55.1 Å². The van der Waals surface area contributed by atoms with Crippen LogP contribution in [0.15, 0.2) is 76.7 Å². The highest BCUT2D eigenvalue weighted by Gasteiger charge is 2.37. The topological polar surface area (TPSA) is 203 Å². The van der Waals surface area contributed by atoms with Crippen molar-refractivity contribution in [1.82, 2.24) is 15.5 Å². The lowest BCUT2D eigenvalue weighted by atomic mass is 10.1. The number of hydrogen-bond acceptors (Lipinski definition) is 11. The van der Waals surface area contributed by atoms with Crippen LogP contribution in [0.3, 0.4) is 0 Å². The first-order valence-corrected chi connectivity index (χ1v) is 16.0. The van der Waals surface area contributed by atoms with E-state index in [1.165, 1.54) is 30.3 Å². The summed E-state index contributed by atoms with van der Waals surface area (Å²) in [6.07, 6.45) is -0.429. The summed E-state index contributed by atoms with van der Waals surface area (Å²) in [5.74, 6) is -1.88. The van der Waals surface area contributed by atoms with Crippen LogP contribution in [0.5, 0.6) is 23.0 Å². The number of amides is 3. The lowest BCUT2D eigenvalue weighted by molar-refractivity contribution is -0.134. The Morgan fingerprint density at radius 1 is 0.694 bits per heavy atom. The Hall–Kier alpha value is -5.79. The highest BCUT2D eigenvalue weighted by Crippen LogP contribution is 2.28. The van der Waals surface area contributed by atoms with Crippen LogP contribution < -0.4 is 10.6 Å². The van der Waals surface area contributed by atoms with Crippen LogP contribution in [0, 0.1) is 0 Å². The number of ether oxygens (including phenoxy) is 2. The molecule has 0 saturated carbocycles. The molecule has 6 N–H and O–H groups in total. The number of carbonyl (C=O) groups is 3. The SMILES string of the molecule is C[C@@H]1OC(c2ccccc2O)=N[C@H]1C(=O)NCCCN(CCCNC(=O)c1cccc(O)c1O)C(=O)[C@@H]1N=C(c2ccccc2O)O[C@H]1C. The summed E-state index contributed by atoms with van der Waals surface area (Å²) < 4.78 is 11.6. The average Bonchev–Trinajstić information content (AvgIpc) is 3.67. The van der Waals surface area contributed by atoms with E-state index in [4.69, 9.17) is 9.47 Å². The molecule has 14 nitrogen and oxygen atoms in total. The van der Waals surface area contributed by atoms with Crippen molar-refractivity contribution in [3.63, 3.8) is 0 Å². The summed E-state index contributed by atoms with van der Waals surface area (Å²) in [4.78, 5) is 49.9. The van der Waals surface area contributed by atoms with Gasteiger partial charge in [-0.1, -0.05) is 30.3 Å². The van der Waals surface area contributed by atoms with Gasteiger partial charge in [-0.2, -0.15) is 0 Å². The van der Waals surface area contributed by atoms with E-state index < -0.39 is 41.7 Å². The zero-order valence-electron chi connectivity index (χ0n) is 27.1. The molecule has 0 radical (unpaired) electrons. The van der Waals surface area contributed by atoms with Gasteiger partial charge in [-0.3, -0.25) is 14.4 Å². The van der Waals surface area contributed by atoms with Gasteiger partial charge in [0.15, 0.2) is 23.6 Å². The van der Waals surface area contributed by atoms with E-state index >= 15 is 0 Å². The number of para-hydroxylation sites is 3. The van der Waals surface area contributed by atoms with Gasteiger partial charge < -0.3 is 45.4 Å². The second-order valence-corrected chi connectivity index (χ2v) is 11.7. The van der Waals surface area contributed by atoms with Gasteiger partial charge in [0.2, 0.25) is 17.7 Å². The third-order valence-corrected chi connectivity index (χ3v) is 8.15. The maximum absolute atomic E-state index is 13.8. The molecule has 4 atom stereocenters. The van der Waals surface area contributed by atoms with Gasteiger partial charge in [-0.05, 0) is 63.1 Å². The maximum Gasteiger partial charge on any atom is 0.255 e. The highest BCUT2D eigenvalue weighted by molar-refractivity contribution is 6.01. The standard InChI is InChI=1S/C35H39N5O9/c1-20-28(38-33(48-20)22-10-3-5-13-25(22)41)32(46)37-17-9-19-40(18-8-16-36-31(45)24-12-7-15-27(43)30(24)44)35(47)29-21(2)49-34(39-29)23-11-4-6-14-26(23)42/h3-7,10-15,20-21,28-29,41-44H,8-9,16-19H2,1-2H3,(H,36,45)(H,37,46)/t20-,21-,28+,29+/m0/s1. The predicted molar refractivity (Wildman–Crippen MR) is 179 cm³/mol. The first kappa shape index (κ1) is 34.5. The molecule has 258 valence electrons. The fourth-order valence-corrected chi connectivity index (χ4v) is 5.49. The molecule has 2 heterocycles.